The molecule has 10 heavy (non-hydrogen) atoms. The van der Waals surface area contributed by atoms with Gasteiger partial charge in [0.25, 0.3) is 0 Å². The Bertz CT molecular complexity index is 53.7. The molecule has 4 heteroatoms. The van der Waals surface area contributed by atoms with Gasteiger partial charge < -0.3 is 0 Å². The molecule has 0 heterocycles. The molecule has 0 aliphatic heterocycles. The van der Waals surface area contributed by atoms with Gasteiger partial charge in [0.05, 0.1) is 0 Å². The number of nitrogens with one attached hydrogen (secondary N) is 2. The van der Waals surface area contributed by atoms with Crippen molar-refractivity contribution < 1.29 is 0 Å². The van der Waals surface area contributed by atoms with Gasteiger partial charge in [0, 0.05) is 13.1 Å². The summed E-state index contributed by atoms with van der Waals surface area (Å²) in [6.45, 7) is 1.80. The van der Waals surface area contributed by atoms with Crippen LogP contribution >= 0.6 is 23.6 Å². The van der Waals surface area contributed by atoms with Crippen LogP contribution in [0, 0.1) is 0 Å². The zero-order valence-corrected chi connectivity index (χ0v) is 7.51. The van der Waals surface area contributed by atoms with Gasteiger partial charge in [-0.1, -0.05) is 12.8 Å². The molecule has 0 atom stereocenters. The second kappa shape index (κ2) is 9.50. The van der Waals surface area contributed by atoms with Gasteiger partial charge in [-0.3, -0.25) is 0 Å². The summed E-state index contributed by atoms with van der Waals surface area (Å²) in [4.78, 5) is 5.18. The summed E-state index contributed by atoms with van der Waals surface area (Å²) < 4.78 is 0. The number of rotatable bonds is 7. The molecule has 2 N–H and O–H groups in total. The maximum Gasteiger partial charge on any atom is 0.0108 e. The van der Waals surface area contributed by atoms with Gasteiger partial charge >= 0.3 is 0 Å². The molecule has 0 unspecified atom stereocenters. The first-order valence-corrected chi connectivity index (χ1v) is 4.34. The molecule has 0 aromatic rings. The maximum atomic E-state index is 5.26. The lowest BCUT2D eigenvalue weighted by atomic mass is 10.2. The van der Waals surface area contributed by atoms with Crippen LogP contribution in [0.4, 0.5) is 0 Å². The van der Waals surface area contributed by atoms with Gasteiger partial charge in [-0.25, -0.2) is 9.67 Å². The Kier molecular flexibility index (Phi) is 9.97. The molecule has 0 aromatic heterocycles. The van der Waals surface area contributed by atoms with E-state index in [4.69, 9.17) is 23.6 Å². The lowest BCUT2D eigenvalue weighted by Crippen LogP contribution is -2.02. The molecular formula is C6H14Cl2N2. The van der Waals surface area contributed by atoms with Gasteiger partial charge in [0.2, 0.25) is 0 Å². The van der Waals surface area contributed by atoms with Crippen molar-refractivity contribution in [2.45, 2.75) is 25.7 Å². The third kappa shape index (κ3) is 8.50. The summed E-state index contributed by atoms with van der Waals surface area (Å²) in [5, 5.41) is 0. The van der Waals surface area contributed by atoms with Gasteiger partial charge in [-0.05, 0) is 36.4 Å². The third-order valence-electron chi connectivity index (χ3n) is 1.29. The molecule has 2 nitrogen and oxygen atoms in total. The summed E-state index contributed by atoms with van der Waals surface area (Å²) in [5.74, 6) is 0. The fraction of sp³-hybridized carbons (Fsp3) is 1.00. The smallest absolute Gasteiger partial charge is 0.0108 e. The van der Waals surface area contributed by atoms with Crippen molar-refractivity contribution in [3.8, 4) is 0 Å². The SMILES string of the molecule is ClNCCCCCCNCl. The molecule has 0 saturated heterocycles. The van der Waals surface area contributed by atoms with Crippen LogP contribution in [-0.2, 0) is 0 Å². The van der Waals surface area contributed by atoms with Crippen LogP contribution in [0.1, 0.15) is 25.7 Å². The Morgan fingerprint density at radius 1 is 0.700 bits per heavy atom. The maximum absolute atomic E-state index is 5.26. The summed E-state index contributed by atoms with van der Waals surface area (Å²) in [7, 11) is 0. The monoisotopic (exact) mass is 184 g/mol. The first-order chi connectivity index (χ1) is 4.91. The Morgan fingerprint density at radius 3 is 1.40 bits per heavy atom. The Morgan fingerprint density at radius 2 is 1.10 bits per heavy atom. The summed E-state index contributed by atoms with van der Waals surface area (Å²) in [5.41, 5.74) is 0. The average molecular weight is 185 g/mol. The van der Waals surface area contributed by atoms with Gasteiger partial charge in [0.1, 0.15) is 0 Å². The first kappa shape index (κ1) is 10.5. The average Bonchev–Trinajstić information content (AvgIpc) is 1.97. The van der Waals surface area contributed by atoms with E-state index >= 15 is 0 Å². The molecule has 0 bridgehead atoms. The van der Waals surface area contributed by atoms with Crippen LogP contribution in [0.2, 0.25) is 0 Å². The first-order valence-electron chi connectivity index (χ1n) is 3.59. The van der Waals surface area contributed by atoms with E-state index in [9.17, 15) is 0 Å². The van der Waals surface area contributed by atoms with E-state index in [0.717, 1.165) is 25.9 Å². The van der Waals surface area contributed by atoms with Crippen molar-refractivity contribution in [3.05, 3.63) is 0 Å². The lowest BCUT2D eigenvalue weighted by molar-refractivity contribution is 0.632. The second-order valence-electron chi connectivity index (χ2n) is 2.18. The number of hydrogen-bond acceptors (Lipinski definition) is 2. The van der Waals surface area contributed by atoms with E-state index in [1.54, 1.807) is 0 Å². The molecule has 0 spiro atoms. The largest absolute Gasteiger partial charge is 0.234 e. The van der Waals surface area contributed by atoms with E-state index in [2.05, 4.69) is 9.67 Å². The number of hydrogen-bond donors (Lipinski definition) is 2. The van der Waals surface area contributed by atoms with Crippen molar-refractivity contribution in [1.82, 2.24) is 9.67 Å². The summed E-state index contributed by atoms with van der Waals surface area (Å²) in [6, 6.07) is 0. The van der Waals surface area contributed by atoms with E-state index in [1.807, 2.05) is 0 Å². The quantitative estimate of drug-likeness (QED) is 0.468. The van der Waals surface area contributed by atoms with E-state index in [-0.39, 0.29) is 0 Å². The minimum absolute atomic E-state index is 0.899. The predicted octanol–water partition coefficient (Wildman–Crippen LogP) is 2.03. The van der Waals surface area contributed by atoms with Crippen LogP contribution in [0.3, 0.4) is 0 Å². The van der Waals surface area contributed by atoms with Crippen molar-refractivity contribution in [1.29, 1.82) is 0 Å². The topological polar surface area (TPSA) is 24.1 Å². The second-order valence-corrected chi connectivity index (χ2v) is 2.72. The zero-order valence-electron chi connectivity index (χ0n) is 6.00. The normalized spacial score (nSPS) is 10.2. The van der Waals surface area contributed by atoms with Crippen molar-refractivity contribution >= 4 is 23.6 Å². The summed E-state index contributed by atoms with van der Waals surface area (Å²) >= 11 is 10.5. The molecule has 0 fully saturated rings. The Hall–Kier alpha value is 0.500. The highest BCUT2D eigenvalue weighted by molar-refractivity contribution is 6.13. The molecule has 0 aliphatic rings. The fourth-order valence-electron chi connectivity index (χ4n) is 0.737. The van der Waals surface area contributed by atoms with Gasteiger partial charge in [0.15, 0.2) is 0 Å². The van der Waals surface area contributed by atoms with Crippen LogP contribution in [0.25, 0.3) is 0 Å². The number of unbranched alkanes of at least 4 members (excludes halogenated alkanes) is 3. The minimum Gasteiger partial charge on any atom is -0.234 e. The van der Waals surface area contributed by atoms with Crippen molar-refractivity contribution in [2.24, 2.45) is 0 Å². The van der Waals surface area contributed by atoms with Crippen LogP contribution in [0.5, 0.6) is 0 Å². The molecule has 0 amide bonds. The molecule has 0 aromatic carbocycles. The van der Waals surface area contributed by atoms with Crippen molar-refractivity contribution in [3.63, 3.8) is 0 Å². The number of halogens is 2. The van der Waals surface area contributed by atoms with Gasteiger partial charge in [-0.2, -0.15) is 0 Å². The molecule has 0 radical (unpaired) electrons. The Labute approximate surface area is 72.5 Å². The summed E-state index contributed by atoms with van der Waals surface area (Å²) in [6.07, 6.45) is 4.73. The zero-order chi connectivity index (χ0) is 7.66. The molecule has 0 saturated carbocycles. The predicted molar refractivity (Wildman–Crippen MR) is 46.2 cm³/mol. The molecule has 62 valence electrons. The van der Waals surface area contributed by atoms with Gasteiger partial charge in [-0.15, -0.1) is 0 Å². The van der Waals surface area contributed by atoms with E-state index < -0.39 is 0 Å². The standard InChI is InChI=1S/C6H14Cl2N2/c7-9-5-3-1-2-4-6-10-8/h9-10H,1-6H2. The molecular weight excluding hydrogens is 171 g/mol. The van der Waals surface area contributed by atoms with Crippen LogP contribution in [-0.4, -0.2) is 13.1 Å². The molecule has 0 aliphatic carbocycles. The highest BCUT2D eigenvalue weighted by Gasteiger charge is 1.87. The van der Waals surface area contributed by atoms with Crippen LogP contribution in [0.15, 0.2) is 0 Å². The lowest BCUT2D eigenvalue weighted by Gasteiger charge is -1.97. The van der Waals surface area contributed by atoms with E-state index in [1.165, 1.54) is 12.8 Å². The Balaban J connectivity index is 2.65. The third-order valence-corrected chi connectivity index (χ3v) is 1.67. The minimum atomic E-state index is 0.899. The fourth-order valence-corrected chi connectivity index (χ4v) is 1.00. The van der Waals surface area contributed by atoms with Crippen LogP contribution < -0.4 is 9.67 Å². The highest BCUT2D eigenvalue weighted by atomic mass is 35.5. The highest BCUT2D eigenvalue weighted by Crippen LogP contribution is 1.97. The molecule has 0 rings (SSSR count). The van der Waals surface area contributed by atoms with Crippen molar-refractivity contribution in [2.75, 3.05) is 13.1 Å². The van der Waals surface area contributed by atoms with E-state index in [0.29, 0.717) is 0 Å².